The first-order valence-electron chi connectivity index (χ1n) is 7.51. The standard InChI is InChI=1S/C16H26O4/c1-11(2)13-8-7-12(3)9-14(10-13)20-16(19)6-4-5-15(17)18/h10-13H,4-9H2,1-3H3,(H,17,18)/t12-,13-/m1/s1. The number of carboxylic acid groups (broad SMARTS) is 1. The van der Waals surface area contributed by atoms with Crippen molar-refractivity contribution in [2.75, 3.05) is 0 Å². The third kappa shape index (κ3) is 6.22. The Hall–Kier alpha value is -1.32. The molecule has 0 heterocycles. The van der Waals surface area contributed by atoms with E-state index in [-0.39, 0.29) is 18.8 Å². The van der Waals surface area contributed by atoms with Gasteiger partial charge in [-0.25, -0.2) is 0 Å². The van der Waals surface area contributed by atoms with E-state index in [1.165, 1.54) is 0 Å². The largest absolute Gasteiger partial charge is 0.481 e. The Morgan fingerprint density at radius 1 is 1.35 bits per heavy atom. The van der Waals surface area contributed by atoms with Crippen molar-refractivity contribution in [3.8, 4) is 0 Å². The summed E-state index contributed by atoms with van der Waals surface area (Å²) in [5, 5.41) is 8.55. The predicted octanol–water partition coefficient (Wildman–Crippen LogP) is 3.76. The highest BCUT2D eigenvalue weighted by Gasteiger charge is 2.21. The molecule has 1 aliphatic rings. The van der Waals surface area contributed by atoms with Gasteiger partial charge in [-0.3, -0.25) is 9.59 Å². The summed E-state index contributed by atoms with van der Waals surface area (Å²) in [6, 6.07) is 0. The molecule has 0 aliphatic heterocycles. The molecule has 4 heteroatoms. The number of carbonyl (C=O) groups excluding carboxylic acids is 1. The Morgan fingerprint density at radius 3 is 2.65 bits per heavy atom. The molecule has 0 fully saturated rings. The van der Waals surface area contributed by atoms with Crippen molar-refractivity contribution in [1.29, 1.82) is 0 Å². The van der Waals surface area contributed by atoms with Crippen LogP contribution in [0.3, 0.4) is 0 Å². The molecular weight excluding hydrogens is 256 g/mol. The second-order valence-corrected chi connectivity index (χ2v) is 6.15. The molecule has 0 aromatic rings. The summed E-state index contributed by atoms with van der Waals surface area (Å²) < 4.78 is 5.43. The lowest BCUT2D eigenvalue weighted by atomic mass is 9.90. The molecule has 0 amide bonds. The van der Waals surface area contributed by atoms with Crippen LogP contribution < -0.4 is 0 Å². The first kappa shape index (κ1) is 16.7. The van der Waals surface area contributed by atoms with E-state index in [1.54, 1.807) is 0 Å². The maximum Gasteiger partial charge on any atom is 0.310 e. The highest BCUT2D eigenvalue weighted by Crippen LogP contribution is 2.31. The van der Waals surface area contributed by atoms with Crippen LogP contribution in [-0.2, 0) is 14.3 Å². The summed E-state index contributed by atoms with van der Waals surface area (Å²) >= 11 is 0. The SMILES string of the molecule is CC(C)[C@H]1C=C(OC(=O)CCCC(=O)O)C[C@H](C)CC1. The first-order valence-corrected chi connectivity index (χ1v) is 7.51. The van der Waals surface area contributed by atoms with Gasteiger partial charge in [0, 0.05) is 19.3 Å². The van der Waals surface area contributed by atoms with Crippen molar-refractivity contribution >= 4 is 11.9 Å². The molecule has 20 heavy (non-hydrogen) atoms. The van der Waals surface area contributed by atoms with Crippen LogP contribution in [0.5, 0.6) is 0 Å². The fourth-order valence-corrected chi connectivity index (χ4v) is 2.50. The minimum Gasteiger partial charge on any atom is -0.481 e. The van der Waals surface area contributed by atoms with Gasteiger partial charge in [0.2, 0.25) is 0 Å². The zero-order valence-corrected chi connectivity index (χ0v) is 12.7. The molecule has 0 aromatic carbocycles. The third-order valence-corrected chi connectivity index (χ3v) is 3.82. The van der Waals surface area contributed by atoms with Crippen molar-refractivity contribution < 1.29 is 19.4 Å². The average Bonchev–Trinajstić information content (AvgIpc) is 2.50. The second-order valence-electron chi connectivity index (χ2n) is 6.15. The fourth-order valence-electron chi connectivity index (χ4n) is 2.50. The summed E-state index contributed by atoms with van der Waals surface area (Å²) in [6.45, 7) is 6.54. The number of hydrogen-bond donors (Lipinski definition) is 1. The van der Waals surface area contributed by atoms with E-state index in [4.69, 9.17) is 9.84 Å². The molecule has 0 saturated heterocycles. The molecule has 0 aromatic heterocycles. The van der Waals surface area contributed by atoms with E-state index in [0.717, 1.165) is 25.0 Å². The van der Waals surface area contributed by atoms with Crippen LogP contribution in [0, 0.1) is 17.8 Å². The van der Waals surface area contributed by atoms with Crippen molar-refractivity contribution in [3.05, 3.63) is 11.8 Å². The van der Waals surface area contributed by atoms with E-state index in [1.807, 2.05) is 0 Å². The summed E-state index contributed by atoms with van der Waals surface area (Å²) in [7, 11) is 0. The molecule has 0 spiro atoms. The van der Waals surface area contributed by atoms with Gasteiger partial charge in [-0.05, 0) is 43.1 Å². The van der Waals surface area contributed by atoms with E-state index in [0.29, 0.717) is 24.2 Å². The van der Waals surface area contributed by atoms with Crippen LogP contribution >= 0.6 is 0 Å². The van der Waals surface area contributed by atoms with Crippen molar-refractivity contribution in [2.24, 2.45) is 17.8 Å². The van der Waals surface area contributed by atoms with Gasteiger partial charge in [0.05, 0.1) is 0 Å². The molecule has 1 N–H and O–H groups in total. The highest BCUT2D eigenvalue weighted by molar-refractivity contribution is 5.72. The Morgan fingerprint density at radius 2 is 2.05 bits per heavy atom. The minimum absolute atomic E-state index is 0.0131. The normalized spacial score (nSPS) is 23.1. The van der Waals surface area contributed by atoms with Gasteiger partial charge in [0.15, 0.2) is 0 Å². The molecule has 114 valence electrons. The van der Waals surface area contributed by atoms with Crippen LogP contribution in [0.25, 0.3) is 0 Å². The number of ether oxygens (including phenoxy) is 1. The Balaban J connectivity index is 2.53. The average molecular weight is 282 g/mol. The second kappa shape index (κ2) is 8.08. The third-order valence-electron chi connectivity index (χ3n) is 3.82. The number of rotatable bonds is 6. The lowest BCUT2D eigenvalue weighted by Gasteiger charge is -2.15. The maximum absolute atomic E-state index is 11.7. The predicted molar refractivity (Wildman–Crippen MR) is 77.0 cm³/mol. The van der Waals surface area contributed by atoms with Crippen LogP contribution in [0.4, 0.5) is 0 Å². The summed E-state index contributed by atoms with van der Waals surface area (Å²) in [5.41, 5.74) is 0. The molecule has 1 aliphatic carbocycles. The Bertz CT molecular complexity index is 371. The monoisotopic (exact) mass is 282 g/mol. The number of carboxylic acids is 1. The van der Waals surface area contributed by atoms with Gasteiger partial charge < -0.3 is 9.84 Å². The zero-order chi connectivity index (χ0) is 15.1. The van der Waals surface area contributed by atoms with Gasteiger partial charge in [-0.15, -0.1) is 0 Å². The van der Waals surface area contributed by atoms with Gasteiger partial charge >= 0.3 is 11.9 Å². The van der Waals surface area contributed by atoms with Crippen molar-refractivity contribution in [2.45, 2.75) is 59.3 Å². The number of allylic oxidation sites excluding steroid dienone is 2. The Labute approximate surface area is 121 Å². The lowest BCUT2D eigenvalue weighted by Crippen LogP contribution is -2.08. The van der Waals surface area contributed by atoms with Crippen LogP contribution in [0.15, 0.2) is 11.8 Å². The number of carbonyl (C=O) groups is 2. The van der Waals surface area contributed by atoms with Gasteiger partial charge in [-0.2, -0.15) is 0 Å². The maximum atomic E-state index is 11.7. The topological polar surface area (TPSA) is 63.6 Å². The fraction of sp³-hybridized carbons (Fsp3) is 0.750. The summed E-state index contributed by atoms with van der Waals surface area (Å²) in [4.78, 5) is 22.1. The van der Waals surface area contributed by atoms with E-state index >= 15 is 0 Å². The zero-order valence-electron chi connectivity index (χ0n) is 12.7. The van der Waals surface area contributed by atoms with E-state index in [2.05, 4.69) is 26.8 Å². The van der Waals surface area contributed by atoms with Crippen LogP contribution in [0.2, 0.25) is 0 Å². The number of aliphatic carboxylic acids is 1. The smallest absolute Gasteiger partial charge is 0.310 e. The molecule has 2 atom stereocenters. The van der Waals surface area contributed by atoms with Gasteiger partial charge in [0.25, 0.3) is 0 Å². The van der Waals surface area contributed by atoms with Crippen molar-refractivity contribution in [3.63, 3.8) is 0 Å². The van der Waals surface area contributed by atoms with Crippen LogP contribution in [0.1, 0.15) is 59.3 Å². The van der Waals surface area contributed by atoms with E-state index in [9.17, 15) is 9.59 Å². The quantitative estimate of drug-likeness (QED) is 0.753. The minimum atomic E-state index is -0.875. The van der Waals surface area contributed by atoms with Crippen molar-refractivity contribution in [1.82, 2.24) is 0 Å². The summed E-state index contributed by atoms with van der Waals surface area (Å²) in [6.07, 6.45) is 5.71. The highest BCUT2D eigenvalue weighted by atomic mass is 16.5. The molecule has 4 nitrogen and oxygen atoms in total. The molecule has 1 rings (SSSR count). The van der Waals surface area contributed by atoms with Gasteiger partial charge in [-0.1, -0.05) is 20.8 Å². The Kier molecular flexibility index (Phi) is 6.76. The molecular formula is C16H26O4. The lowest BCUT2D eigenvalue weighted by molar-refractivity contribution is -0.140. The molecule has 0 unspecified atom stereocenters. The molecule has 0 bridgehead atoms. The first-order chi connectivity index (χ1) is 9.38. The number of esters is 1. The number of hydrogen-bond acceptors (Lipinski definition) is 3. The van der Waals surface area contributed by atoms with E-state index < -0.39 is 5.97 Å². The van der Waals surface area contributed by atoms with Gasteiger partial charge in [0.1, 0.15) is 5.76 Å². The summed E-state index contributed by atoms with van der Waals surface area (Å²) in [5.74, 6) is 1.11. The molecule has 0 saturated carbocycles. The molecule has 0 radical (unpaired) electrons. The van der Waals surface area contributed by atoms with Crippen LogP contribution in [-0.4, -0.2) is 17.0 Å².